The van der Waals surface area contributed by atoms with E-state index >= 15 is 0 Å². The first-order valence-electron chi connectivity index (χ1n) is 8.70. The maximum Gasteiger partial charge on any atom is 0.360 e. The van der Waals surface area contributed by atoms with Crippen LogP contribution in [0.3, 0.4) is 0 Å². The first kappa shape index (κ1) is 16.9. The average molecular weight is 395 g/mol. The van der Waals surface area contributed by atoms with Gasteiger partial charge in [-0.2, -0.15) is 0 Å². The molecule has 2 aromatic heterocycles. The summed E-state index contributed by atoms with van der Waals surface area (Å²) in [4.78, 5) is 18.8. The molecule has 4 aromatic rings. The van der Waals surface area contributed by atoms with Crippen molar-refractivity contribution >= 4 is 32.7 Å². The van der Waals surface area contributed by atoms with Gasteiger partial charge in [-0.15, -0.1) is 0 Å². The number of aromatic nitrogens is 2. The van der Waals surface area contributed by atoms with Crippen LogP contribution >= 0.6 is 11.3 Å². The molecule has 2 aromatic carbocycles. The number of thiazole rings is 1. The number of nitrogens with zero attached hydrogens (tertiary/aromatic N) is 3. The van der Waals surface area contributed by atoms with Crippen molar-refractivity contribution < 1.29 is 18.4 Å². The number of fused-ring (bicyclic) bond motifs is 1. The molecule has 1 fully saturated rings. The number of esters is 1. The highest BCUT2D eigenvalue weighted by Crippen LogP contribution is 2.32. The maximum atomic E-state index is 13.3. The fraction of sp³-hybridized carbons (Fsp3) is 0.150. The fourth-order valence-electron chi connectivity index (χ4n) is 3.01. The summed E-state index contributed by atoms with van der Waals surface area (Å²) < 4.78 is 24.8. The Morgan fingerprint density at radius 2 is 2.00 bits per heavy atom. The molecule has 8 heteroatoms. The van der Waals surface area contributed by atoms with Crippen LogP contribution in [0.25, 0.3) is 21.5 Å². The number of halogens is 1. The van der Waals surface area contributed by atoms with Crippen molar-refractivity contribution in [3.63, 3.8) is 0 Å². The molecule has 3 heterocycles. The van der Waals surface area contributed by atoms with Crippen LogP contribution < -0.4 is 4.90 Å². The SMILES string of the molecule is O=C(OC1CN(c2nc3ccc(F)cc3s2)C1)c1cc(-c2ccccc2)on1. The van der Waals surface area contributed by atoms with Gasteiger partial charge in [0.15, 0.2) is 16.6 Å². The molecule has 1 aliphatic heterocycles. The second kappa shape index (κ2) is 6.72. The number of benzene rings is 2. The summed E-state index contributed by atoms with van der Waals surface area (Å²) in [5, 5.41) is 4.60. The first-order valence-corrected chi connectivity index (χ1v) is 9.51. The molecule has 0 atom stereocenters. The maximum absolute atomic E-state index is 13.3. The van der Waals surface area contributed by atoms with E-state index in [4.69, 9.17) is 9.26 Å². The Morgan fingerprint density at radius 1 is 1.18 bits per heavy atom. The topological polar surface area (TPSA) is 68.5 Å². The Balaban J connectivity index is 1.21. The zero-order valence-corrected chi connectivity index (χ0v) is 15.4. The van der Waals surface area contributed by atoms with Crippen molar-refractivity contribution in [1.82, 2.24) is 10.1 Å². The van der Waals surface area contributed by atoms with Gasteiger partial charge < -0.3 is 14.2 Å². The molecule has 5 rings (SSSR count). The van der Waals surface area contributed by atoms with Crippen molar-refractivity contribution in [2.24, 2.45) is 0 Å². The van der Waals surface area contributed by atoms with Crippen molar-refractivity contribution in [2.75, 3.05) is 18.0 Å². The fourth-order valence-corrected chi connectivity index (χ4v) is 4.02. The summed E-state index contributed by atoms with van der Waals surface area (Å²) in [6.45, 7) is 1.08. The van der Waals surface area contributed by atoms with Gasteiger partial charge in [-0.3, -0.25) is 0 Å². The number of hydrogen-bond donors (Lipinski definition) is 0. The minimum absolute atomic E-state index is 0.146. The molecule has 0 unspecified atom stereocenters. The molecule has 0 bridgehead atoms. The summed E-state index contributed by atoms with van der Waals surface area (Å²) >= 11 is 1.42. The number of ether oxygens (including phenoxy) is 1. The molecular formula is C20H14FN3O3S. The normalized spacial score (nSPS) is 14.2. The van der Waals surface area contributed by atoms with E-state index in [-0.39, 0.29) is 17.6 Å². The monoisotopic (exact) mass is 395 g/mol. The highest BCUT2D eigenvalue weighted by Gasteiger charge is 2.33. The Bertz CT molecular complexity index is 1150. The molecule has 0 spiro atoms. The summed E-state index contributed by atoms with van der Waals surface area (Å²) in [7, 11) is 0. The lowest BCUT2D eigenvalue weighted by molar-refractivity contribution is 0.0223. The largest absolute Gasteiger partial charge is 0.454 e. The van der Waals surface area contributed by atoms with Crippen LogP contribution in [0, 0.1) is 5.82 Å². The van der Waals surface area contributed by atoms with E-state index in [1.807, 2.05) is 35.2 Å². The average Bonchev–Trinajstić information content (AvgIpc) is 3.31. The van der Waals surface area contributed by atoms with Crippen LogP contribution in [0.5, 0.6) is 0 Å². The second-order valence-electron chi connectivity index (χ2n) is 6.48. The highest BCUT2D eigenvalue weighted by atomic mass is 32.1. The second-order valence-corrected chi connectivity index (χ2v) is 7.49. The minimum Gasteiger partial charge on any atom is -0.454 e. The van der Waals surface area contributed by atoms with E-state index in [9.17, 15) is 9.18 Å². The van der Waals surface area contributed by atoms with Gasteiger partial charge in [0.2, 0.25) is 0 Å². The third-order valence-electron chi connectivity index (χ3n) is 4.51. The Kier molecular flexibility index (Phi) is 4.05. The number of hydrogen-bond acceptors (Lipinski definition) is 7. The van der Waals surface area contributed by atoms with Crippen LogP contribution in [-0.2, 0) is 4.74 Å². The predicted molar refractivity (Wildman–Crippen MR) is 103 cm³/mol. The lowest BCUT2D eigenvalue weighted by Gasteiger charge is -2.37. The van der Waals surface area contributed by atoms with Gasteiger partial charge in [-0.25, -0.2) is 14.2 Å². The molecule has 1 aliphatic rings. The lowest BCUT2D eigenvalue weighted by atomic mass is 10.1. The van der Waals surface area contributed by atoms with E-state index in [0.717, 1.165) is 20.9 Å². The molecule has 1 saturated heterocycles. The van der Waals surface area contributed by atoms with Gasteiger partial charge in [-0.05, 0) is 18.2 Å². The molecule has 6 nitrogen and oxygen atoms in total. The van der Waals surface area contributed by atoms with Crippen LogP contribution in [-0.4, -0.2) is 35.3 Å². The minimum atomic E-state index is -0.512. The van der Waals surface area contributed by atoms with Crippen LogP contribution in [0.1, 0.15) is 10.5 Å². The van der Waals surface area contributed by atoms with E-state index in [1.54, 1.807) is 12.1 Å². The van der Waals surface area contributed by atoms with Gasteiger partial charge in [0, 0.05) is 11.6 Å². The standard InChI is InChI=1S/C20H14FN3O3S/c21-13-6-7-15-18(8-13)28-20(22-15)24-10-14(11-24)26-19(25)16-9-17(27-23-16)12-4-2-1-3-5-12/h1-9,14H,10-11H2. The summed E-state index contributed by atoms with van der Waals surface area (Å²) in [5.74, 6) is -0.271. The summed E-state index contributed by atoms with van der Waals surface area (Å²) in [6, 6.07) is 15.5. The number of carbonyl (C=O) groups is 1. The lowest BCUT2D eigenvalue weighted by Crippen LogP contribution is -2.53. The van der Waals surface area contributed by atoms with Gasteiger partial charge in [0.1, 0.15) is 11.9 Å². The zero-order valence-electron chi connectivity index (χ0n) is 14.5. The molecular weight excluding hydrogens is 381 g/mol. The molecule has 0 radical (unpaired) electrons. The van der Waals surface area contributed by atoms with Gasteiger partial charge in [0.05, 0.1) is 23.3 Å². The van der Waals surface area contributed by atoms with E-state index in [0.29, 0.717) is 18.8 Å². The number of rotatable bonds is 4. The quantitative estimate of drug-likeness (QED) is 0.484. The van der Waals surface area contributed by atoms with Crippen molar-refractivity contribution in [1.29, 1.82) is 0 Å². The Morgan fingerprint density at radius 3 is 2.82 bits per heavy atom. The molecule has 0 aliphatic carbocycles. The predicted octanol–water partition coefficient (Wildman–Crippen LogP) is 4.14. The molecule has 0 amide bonds. The van der Waals surface area contributed by atoms with Crippen molar-refractivity contribution in [3.05, 3.63) is 66.1 Å². The molecule has 0 N–H and O–H groups in total. The van der Waals surface area contributed by atoms with Crippen LogP contribution in [0.2, 0.25) is 0 Å². The number of anilines is 1. The van der Waals surface area contributed by atoms with Crippen LogP contribution in [0.4, 0.5) is 9.52 Å². The molecule has 0 saturated carbocycles. The Labute approximate surface area is 163 Å². The summed E-state index contributed by atoms with van der Waals surface area (Å²) in [5.41, 5.74) is 1.75. The van der Waals surface area contributed by atoms with Gasteiger partial charge in [0.25, 0.3) is 0 Å². The smallest absolute Gasteiger partial charge is 0.360 e. The Hall–Kier alpha value is -3.26. The zero-order chi connectivity index (χ0) is 19.1. The van der Waals surface area contributed by atoms with E-state index in [1.165, 1.54) is 23.5 Å². The molecule has 140 valence electrons. The van der Waals surface area contributed by atoms with Crippen LogP contribution in [0.15, 0.2) is 59.1 Å². The highest BCUT2D eigenvalue weighted by molar-refractivity contribution is 7.22. The van der Waals surface area contributed by atoms with Crippen molar-refractivity contribution in [3.8, 4) is 11.3 Å². The molecule has 28 heavy (non-hydrogen) atoms. The first-order chi connectivity index (χ1) is 13.7. The van der Waals surface area contributed by atoms with Crippen molar-refractivity contribution in [2.45, 2.75) is 6.10 Å². The summed E-state index contributed by atoms with van der Waals surface area (Å²) in [6.07, 6.45) is -0.242. The third kappa shape index (κ3) is 3.11. The van der Waals surface area contributed by atoms with E-state index < -0.39 is 5.97 Å². The van der Waals surface area contributed by atoms with E-state index in [2.05, 4.69) is 10.1 Å². The third-order valence-corrected chi connectivity index (χ3v) is 5.59. The number of carbonyl (C=O) groups excluding carboxylic acids is 1. The van der Waals surface area contributed by atoms with Gasteiger partial charge >= 0.3 is 5.97 Å². The van der Waals surface area contributed by atoms with Gasteiger partial charge in [-0.1, -0.05) is 46.8 Å².